The fourth-order valence-electron chi connectivity index (χ4n) is 2.71. The lowest BCUT2D eigenvalue weighted by molar-refractivity contribution is 0.0904. The molecular formula is C17H11FN4O2S. The minimum Gasteiger partial charge on any atom is -0.485 e. The van der Waals surface area contributed by atoms with Gasteiger partial charge in [0.15, 0.2) is 28.4 Å². The van der Waals surface area contributed by atoms with Gasteiger partial charge in [-0.2, -0.15) is 9.61 Å². The predicted molar refractivity (Wildman–Crippen MR) is 89.4 cm³/mol. The molecule has 0 spiro atoms. The number of fused-ring (bicyclic) bond motifs is 2. The number of para-hydroxylation sites is 2. The molecule has 1 aliphatic heterocycles. The van der Waals surface area contributed by atoms with Crippen molar-refractivity contribution in [2.75, 3.05) is 6.61 Å². The van der Waals surface area contributed by atoms with Crippen LogP contribution in [-0.4, -0.2) is 26.4 Å². The lowest BCUT2D eigenvalue weighted by atomic mass is 10.2. The van der Waals surface area contributed by atoms with Gasteiger partial charge < -0.3 is 9.47 Å². The Morgan fingerprint density at radius 2 is 1.96 bits per heavy atom. The van der Waals surface area contributed by atoms with E-state index in [1.54, 1.807) is 16.6 Å². The topological polar surface area (TPSA) is 61.5 Å². The van der Waals surface area contributed by atoms with E-state index in [2.05, 4.69) is 15.3 Å². The van der Waals surface area contributed by atoms with Crippen LogP contribution in [0.1, 0.15) is 11.1 Å². The first kappa shape index (κ1) is 14.4. The van der Waals surface area contributed by atoms with Gasteiger partial charge in [-0.05, 0) is 24.3 Å². The Kier molecular flexibility index (Phi) is 3.17. The van der Waals surface area contributed by atoms with Gasteiger partial charge in [-0.1, -0.05) is 35.6 Å². The van der Waals surface area contributed by atoms with Crippen molar-refractivity contribution in [1.82, 2.24) is 19.8 Å². The molecule has 124 valence electrons. The predicted octanol–water partition coefficient (Wildman–Crippen LogP) is 3.50. The number of aromatic nitrogens is 4. The van der Waals surface area contributed by atoms with Crippen molar-refractivity contribution in [2.45, 2.75) is 6.10 Å². The number of hydrogen-bond acceptors (Lipinski definition) is 6. The van der Waals surface area contributed by atoms with E-state index in [0.717, 1.165) is 10.8 Å². The van der Waals surface area contributed by atoms with Crippen LogP contribution in [0.25, 0.3) is 16.3 Å². The van der Waals surface area contributed by atoms with Crippen molar-refractivity contribution >= 4 is 16.3 Å². The maximum atomic E-state index is 13.5. The summed E-state index contributed by atoms with van der Waals surface area (Å²) in [5, 5.41) is 13.5. The quantitative estimate of drug-likeness (QED) is 0.551. The highest BCUT2D eigenvalue weighted by Crippen LogP contribution is 2.37. The number of ether oxygens (including phenoxy) is 2. The van der Waals surface area contributed by atoms with Crippen LogP contribution in [-0.2, 0) is 0 Å². The van der Waals surface area contributed by atoms with E-state index in [-0.39, 0.29) is 11.9 Å². The lowest BCUT2D eigenvalue weighted by Crippen LogP contribution is -2.21. The Hall–Kier alpha value is -3.00. The highest BCUT2D eigenvalue weighted by Gasteiger charge is 2.27. The number of hydrogen-bond donors (Lipinski definition) is 0. The van der Waals surface area contributed by atoms with Crippen molar-refractivity contribution in [3.05, 3.63) is 59.4 Å². The molecule has 6 nitrogen and oxygen atoms in total. The summed E-state index contributed by atoms with van der Waals surface area (Å²) in [5.41, 5.74) is 0.621. The monoisotopic (exact) mass is 354 g/mol. The van der Waals surface area contributed by atoms with Gasteiger partial charge in [0.1, 0.15) is 12.4 Å². The summed E-state index contributed by atoms with van der Waals surface area (Å²) >= 11 is 1.38. The van der Waals surface area contributed by atoms with E-state index in [9.17, 15) is 4.39 Å². The zero-order chi connectivity index (χ0) is 16.8. The second-order valence-corrected chi connectivity index (χ2v) is 6.52. The molecule has 0 fully saturated rings. The molecule has 0 bridgehead atoms. The fourth-order valence-corrected chi connectivity index (χ4v) is 3.56. The molecule has 1 aliphatic rings. The van der Waals surface area contributed by atoms with E-state index in [4.69, 9.17) is 9.47 Å². The molecule has 0 radical (unpaired) electrons. The van der Waals surface area contributed by atoms with Gasteiger partial charge in [0.25, 0.3) is 0 Å². The molecule has 5 rings (SSSR count). The Morgan fingerprint density at radius 3 is 2.84 bits per heavy atom. The number of benzene rings is 2. The third-order valence-corrected chi connectivity index (χ3v) is 4.86. The molecule has 0 amide bonds. The van der Waals surface area contributed by atoms with Gasteiger partial charge in [0, 0.05) is 5.56 Å². The molecule has 0 aliphatic carbocycles. The van der Waals surface area contributed by atoms with Crippen molar-refractivity contribution in [3.8, 4) is 22.9 Å². The van der Waals surface area contributed by atoms with E-state index >= 15 is 0 Å². The fraction of sp³-hybridized carbons (Fsp3) is 0.118. The van der Waals surface area contributed by atoms with Gasteiger partial charge in [-0.3, -0.25) is 0 Å². The van der Waals surface area contributed by atoms with Crippen LogP contribution >= 0.6 is 11.3 Å². The summed E-state index contributed by atoms with van der Waals surface area (Å²) < 4.78 is 26.8. The molecule has 0 saturated heterocycles. The molecule has 2 aromatic heterocycles. The van der Waals surface area contributed by atoms with Crippen molar-refractivity contribution in [1.29, 1.82) is 0 Å². The maximum absolute atomic E-state index is 13.5. The zero-order valence-corrected chi connectivity index (χ0v) is 13.6. The van der Waals surface area contributed by atoms with Gasteiger partial charge in [0.05, 0.1) is 0 Å². The van der Waals surface area contributed by atoms with Crippen molar-refractivity contribution in [3.63, 3.8) is 0 Å². The molecule has 1 atom stereocenters. The summed E-state index contributed by atoms with van der Waals surface area (Å²) in [6.07, 6.45) is -0.318. The standard InChI is InChI=1S/C17H11FN4O2S/c18-11-5-3-4-10(8-11)15-19-20-17-22(15)21-16(25-17)14-9-23-12-6-1-2-7-13(12)24-14/h1-8,14H,9H2/t14-/m0/s1. The zero-order valence-electron chi connectivity index (χ0n) is 12.8. The van der Waals surface area contributed by atoms with Crippen LogP contribution in [0.5, 0.6) is 11.5 Å². The highest BCUT2D eigenvalue weighted by atomic mass is 32.1. The first-order valence-electron chi connectivity index (χ1n) is 7.64. The second kappa shape index (κ2) is 5.52. The largest absolute Gasteiger partial charge is 0.485 e. The van der Waals surface area contributed by atoms with Crippen LogP contribution < -0.4 is 9.47 Å². The summed E-state index contributed by atoms with van der Waals surface area (Å²) in [7, 11) is 0. The molecule has 2 aromatic carbocycles. The third kappa shape index (κ3) is 2.42. The normalized spacial score (nSPS) is 16.3. The smallest absolute Gasteiger partial charge is 0.235 e. The van der Waals surface area contributed by atoms with Crippen LogP contribution in [0, 0.1) is 5.82 Å². The second-order valence-electron chi connectivity index (χ2n) is 5.53. The van der Waals surface area contributed by atoms with Gasteiger partial charge >= 0.3 is 0 Å². The average Bonchev–Trinajstić information content (AvgIpc) is 3.22. The van der Waals surface area contributed by atoms with E-state index in [0.29, 0.717) is 28.7 Å². The number of rotatable bonds is 2. The lowest BCUT2D eigenvalue weighted by Gasteiger charge is -2.24. The van der Waals surface area contributed by atoms with E-state index in [1.807, 2.05) is 24.3 Å². The summed E-state index contributed by atoms with van der Waals surface area (Å²) in [5.74, 6) is 1.58. The summed E-state index contributed by atoms with van der Waals surface area (Å²) in [6.45, 7) is 0.371. The van der Waals surface area contributed by atoms with Gasteiger partial charge in [-0.25, -0.2) is 4.39 Å². The number of halogens is 1. The molecule has 0 N–H and O–H groups in total. The molecule has 4 aromatic rings. The highest BCUT2D eigenvalue weighted by molar-refractivity contribution is 7.16. The van der Waals surface area contributed by atoms with Gasteiger partial charge in [-0.15, -0.1) is 10.2 Å². The molecule has 3 heterocycles. The average molecular weight is 354 g/mol. The Labute approximate surface area is 145 Å². The first-order valence-corrected chi connectivity index (χ1v) is 8.46. The minimum atomic E-state index is -0.328. The van der Waals surface area contributed by atoms with Crippen LogP contribution in [0.3, 0.4) is 0 Å². The molecular weight excluding hydrogens is 343 g/mol. The van der Waals surface area contributed by atoms with E-state index < -0.39 is 0 Å². The SMILES string of the molecule is Fc1cccc(-c2nnc3sc([C@@H]4COc5ccccc5O4)nn23)c1. The number of nitrogens with zero attached hydrogens (tertiary/aromatic N) is 4. The van der Waals surface area contributed by atoms with Crippen LogP contribution in [0.15, 0.2) is 48.5 Å². The summed E-state index contributed by atoms with van der Waals surface area (Å²) in [4.78, 5) is 0.622. The van der Waals surface area contributed by atoms with Crippen molar-refractivity contribution < 1.29 is 13.9 Å². The van der Waals surface area contributed by atoms with Crippen LogP contribution in [0.4, 0.5) is 4.39 Å². The van der Waals surface area contributed by atoms with Gasteiger partial charge in [0.2, 0.25) is 4.96 Å². The van der Waals surface area contributed by atoms with Crippen LogP contribution in [0.2, 0.25) is 0 Å². The molecule has 0 saturated carbocycles. The van der Waals surface area contributed by atoms with Crippen molar-refractivity contribution in [2.24, 2.45) is 0 Å². The molecule has 25 heavy (non-hydrogen) atoms. The summed E-state index contributed by atoms with van der Waals surface area (Å²) in [6, 6.07) is 13.7. The Morgan fingerprint density at radius 1 is 1.08 bits per heavy atom. The minimum absolute atomic E-state index is 0.318. The maximum Gasteiger partial charge on any atom is 0.235 e. The van der Waals surface area contributed by atoms with E-state index in [1.165, 1.54) is 23.5 Å². The third-order valence-electron chi connectivity index (χ3n) is 3.87. The first-order chi connectivity index (χ1) is 12.3. The Bertz CT molecular complexity index is 1080. The molecule has 8 heteroatoms. The molecule has 0 unspecified atom stereocenters. The Balaban J connectivity index is 1.52.